The predicted octanol–water partition coefficient (Wildman–Crippen LogP) is 8.62. The second kappa shape index (κ2) is 11.7. The number of rotatable bonds is 7. The number of hydrogen-bond donors (Lipinski definition) is 2. The molecule has 0 bridgehead atoms. The van der Waals surface area contributed by atoms with Gasteiger partial charge in [-0.25, -0.2) is 0 Å². The van der Waals surface area contributed by atoms with Crippen molar-refractivity contribution >= 4 is 51.9 Å². The van der Waals surface area contributed by atoms with Gasteiger partial charge in [0.15, 0.2) is 0 Å². The standard InChI is InChI=1S/C33H26ClN3O2/c1-23-29(34)16-10-17-30(23)36-32(38)24-19-21-25(22-20-24)35-33(39)28-15-8-9-18-31(28)37(26-11-4-2-5-12-26)27-13-6-3-7-14-27/h2-22H,1H3,(H,35,39)(H,36,38). The normalized spacial score (nSPS) is 10.5. The minimum absolute atomic E-state index is 0.255. The monoisotopic (exact) mass is 531 g/mol. The molecule has 192 valence electrons. The molecule has 0 spiro atoms. The lowest BCUT2D eigenvalue weighted by Gasteiger charge is -2.27. The van der Waals surface area contributed by atoms with Crippen molar-refractivity contribution in [2.45, 2.75) is 6.92 Å². The molecule has 5 nitrogen and oxygen atoms in total. The zero-order valence-electron chi connectivity index (χ0n) is 21.3. The van der Waals surface area contributed by atoms with Gasteiger partial charge in [-0.1, -0.05) is 66.2 Å². The first kappa shape index (κ1) is 25.8. The quantitative estimate of drug-likeness (QED) is 0.221. The molecule has 5 rings (SSSR count). The van der Waals surface area contributed by atoms with E-state index in [1.807, 2.05) is 85.8 Å². The molecule has 0 aromatic heterocycles. The predicted molar refractivity (Wildman–Crippen MR) is 160 cm³/mol. The number of hydrogen-bond acceptors (Lipinski definition) is 3. The van der Waals surface area contributed by atoms with E-state index >= 15 is 0 Å². The van der Waals surface area contributed by atoms with Gasteiger partial charge in [-0.05, 0) is 85.3 Å². The maximum atomic E-state index is 13.5. The summed E-state index contributed by atoms with van der Waals surface area (Å²) in [5, 5.41) is 6.45. The SMILES string of the molecule is Cc1c(Cl)cccc1NC(=O)c1ccc(NC(=O)c2ccccc2N(c2ccccc2)c2ccccc2)cc1. The molecule has 2 amide bonds. The van der Waals surface area contributed by atoms with E-state index in [4.69, 9.17) is 11.6 Å². The van der Waals surface area contributed by atoms with Gasteiger partial charge in [0.1, 0.15) is 0 Å². The minimum Gasteiger partial charge on any atom is -0.322 e. The lowest BCUT2D eigenvalue weighted by atomic mass is 10.1. The van der Waals surface area contributed by atoms with Crippen molar-refractivity contribution in [2.24, 2.45) is 0 Å². The molecule has 5 aromatic carbocycles. The average Bonchev–Trinajstić information content (AvgIpc) is 2.97. The third kappa shape index (κ3) is 5.84. The fraction of sp³-hybridized carbons (Fsp3) is 0.0303. The second-order valence-corrected chi connectivity index (χ2v) is 9.33. The molecular formula is C33H26ClN3O2. The summed E-state index contributed by atoms with van der Waals surface area (Å²) >= 11 is 6.17. The molecule has 0 saturated heterocycles. The van der Waals surface area contributed by atoms with E-state index in [0.29, 0.717) is 27.5 Å². The summed E-state index contributed by atoms with van der Waals surface area (Å²) in [7, 11) is 0. The Bertz CT molecular complexity index is 1560. The number of anilines is 5. The minimum atomic E-state index is -0.259. The lowest BCUT2D eigenvalue weighted by molar-refractivity contribution is 0.102. The Labute approximate surface area is 232 Å². The van der Waals surface area contributed by atoms with Crippen LogP contribution in [0.2, 0.25) is 5.02 Å². The highest BCUT2D eigenvalue weighted by molar-refractivity contribution is 6.31. The van der Waals surface area contributed by atoms with Crippen molar-refractivity contribution in [3.63, 3.8) is 0 Å². The molecular weight excluding hydrogens is 506 g/mol. The smallest absolute Gasteiger partial charge is 0.257 e. The Morgan fingerprint density at radius 1 is 0.615 bits per heavy atom. The van der Waals surface area contributed by atoms with Gasteiger partial charge in [0, 0.05) is 33.3 Å². The molecule has 2 N–H and O–H groups in total. The van der Waals surface area contributed by atoms with Gasteiger partial charge in [-0.2, -0.15) is 0 Å². The van der Waals surface area contributed by atoms with Crippen molar-refractivity contribution in [3.8, 4) is 0 Å². The summed E-state index contributed by atoms with van der Waals surface area (Å²) < 4.78 is 0. The molecule has 0 radical (unpaired) electrons. The first-order valence-corrected chi connectivity index (χ1v) is 12.9. The van der Waals surface area contributed by atoms with E-state index in [1.54, 1.807) is 48.5 Å². The first-order valence-electron chi connectivity index (χ1n) is 12.5. The second-order valence-electron chi connectivity index (χ2n) is 8.92. The van der Waals surface area contributed by atoms with Crippen LogP contribution in [0.3, 0.4) is 0 Å². The van der Waals surface area contributed by atoms with Crippen LogP contribution in [0.25, 0.3) is 0 Å². The van der Waals surface area contributed by atoms with E-state index < -0.39 is 0 Å². The van der Waals surface area contributed by atoms with Crippen LogP contribution in [0.15, 0.2) is 127 Å². The van der Waals surface area contributed by atoms with E-state index in [9.17, 15) is 9.59 Å². The summed E-state index contributed by atoms with van der Waals surface area (Å²) in [5.41, 5.74) is 5.65. The van der Waals surface area contributed by atoms with Gasteiger partial charge in [0.25, 0.3) is 11.8 Å². The van der Waals surface area contributed by atoms with Gasteiger partial charge in [0.2, 0.25) is 0 Å². The molecule has 0 heterocycles. The summed E-state index contributed by atoms with van der Waals surface area (Å²) in [5.74, 6) is -0.515. The van der Waals surface area contributed by atoms with E-state index in [2.05, 4.69) is 15.5 Å². The number of nitrogens with zero attached hydrogens (tertiary/aromatic N) is 1. The molecule has 39 heavy (non-hydrogen) atoms. The number of benzene rings is 5. The summed E-state index contributed by atoms with van der Waals surface area (Å²) in [6.07, 6.45) is 0. The fourth-order valence-corrected chi connectivity index (χ4v) is 4.46. The van der Waals surface area contributed by atoms with Crippen LogP contribution in [0.5, 0.6) is 0 Å². The van der Waals surface area contributed by atoms with Gasteiger partial charge < -0.3 is 15.5 Å². The number of amides is 2. The van der Waals surface area contributed by atoms with Crippen molar-refractivity contribution in [1.29, 1.82) is 0 Å². The van der Waals surface area contributed by atoms with Crippen molar-refractivity contribution in [3.05, 3.63) is 149 Å². The van der Waals surface area contributed by atoms with Crippen LogP contribution in [0.4, 0.5) is 28.4 Å². The first-order chi connectivity index (χ1) is 19.0. The Balaban J connectivity index is 1.38. The lowest BCUT2D eigenvalue weighted by Crippen LogP contribution is -2.18. The fourth-order valence-electron chi connectivity index (χ4n) is 4.28. The van der Waals surface area contributed by atoms with Crippen molar-refractivity contribution in [2.75, 3.05) is 15.5 Å². The largest absolute Gasteiger partial charge is 0.322 e. The third-order valence-corrected chi connectivity index (χ3v) is 6.75. The van der Waals surface area contributed by atoms with Gasteiger partial charge in [-0.15, -0.1) is 0 Å². The summed E-state index contributed by atoms with van der Waals surface area (Å²) in [6, 6.07) is 39.5. The van der Waals surface area contributed by atoms with E-state index in [1.165, 1.54) is 0 Å². The topological polar surface area (TPSA) is 61.4 Å². The molecule has 0 aliphatic rings. The number of halogens is 1. The third-order valence-electron chi connectivity index (χ3n) is 6.34. The van der Waals surface area contributed by atoms with Gasteiger partial charge in [0.05, 0.1) is 11.3 Å². The maximum Gasteiger partial charge on any atom is 0.257 e. The molecule has 5 aromatic rings. The molecule has 0 aliphatic carbocycles. The Hall–Kier alpha value is -4.87. The number of carbonyl (C=O) groups is 2. The van der Waals surface area contributed by atoms with Crippen molar-refractivity contribution in [1.82, 2.24) is 0 Å². The highest BCUT2D eigenvalue weighted by atomic mass is 35.5. The summed E-state index contributed by atoms with van der Waals surface area (Å²) in [4.78, 5) is 28.3. The van der Waals surface area contributed by atoms with Crippen LogP contribution in [0, 0.1) is 6.92 Å². The van der Waals surface area contributed by atoms with Crippen LogP contribution in [0.1, 0.15) is 26.3 Å². The van der Waals surface area contributed by atoms with E-state index in [-0.39, 0.29) is 11.8 Å². The number of para-hydroxylation sites is 3. The molecule has 0 aliphatic heterocycles. The number of nitrogens with one attached hydrogen (secondary N) is 2. The Kier molecular flexibility index (Phi) is 7.71. The van der Waals surface area contributed by atoms with Crippen LogP contribution < -0.4 is 15.5 Å². The molecule has 0 unspecified atom stereocenters. The van der Waals surface area contributed by atoms with Gasteiger partial charge >= 0.3 is 0 Å². The molecule has 0 saturated carbocycles. The van der Waals surface area contributed by atoms with Crippen LogP contribution in [-0.4, -0.2) is 11.8 Å². The molecule has 0 atom stereocenters. The zero-order valence-corrected chi connectivity index (χ0v) is 22.0. The van der Waals surface area contributed by atoms with E-state index in [0.717, 1.165) is 22.6 Å². The maximum absolute atomic E-state index is 13.5. The molecule has 0 fully saturated rings. The summed E-state index contributed by atoms with van der Waals surface area (Å²) in [6.45, 7) is 1.85. The Morgan fingerprint density at radius 2 is 1.21 bits per heavy atom. The van der Waals surface area contributed by atoms with Gasteiger partial charge in [-0.3, -0.25) is 9.59 Å². The molecule has 6 heteroatoms. The van der Waals surface area contributed by atoms with Crippen LogP contribution >= 0.6 is 11.6 Å². The highest BCUT2D eigenvalue weighted by Gasteiger charge is 2.19. The highest BCUT2D eigenvalue weighted by Crippen LogP contribution is 2.36. The Morgan fingerprint density at radius 3 is 1.85 bits per heavy atom. The van der Waals surface area contributed by atoms with Crippen molar-refractivity contribution < 1.29 is 9.59 Å². The van der Waals surface area contributed by atoms with Crippen LogP contribution in [-0.2, 0) is 0 Å². The average molecular weight is 532 g/mol. The number of carbonyl (C=O) groups excluding carboxylic acids is 2. The zero-order chi connectivity index (χ0) is 27.2.